The molecule has 0 unspecified atom stereocenters. The molecule has 0 aliphatic heterocycles. The number of aromatic nitrogens is 2. The molecular weight excluding hydrogens is 446 g/mol. The summed E-state index contributed by atoms with van der Waals surface area (Å²) >= 11 is 1.35. The number of ether oxygens (including phenoxy) is 1. The first kappa shape index (κ1) is 24.1. The molecule has 1 aromatic heterocycles. The van der Waals surface area contributed by atoms with Gasteiger partial charge in [-0.25, -0.2) is 4.98 Å². The summed E-state index contributed by atoms with van der Waals surface area (Å²) < 4.78 is 7.46. The lowest BCUT2D eigenvalue weighted by molar-refractivity contribution is 0.0913. The molecule has 0 atom stereocenters. The number of thioether (sulfide) groups is 1. The first-order chi connectivity index (χ1) is 16.6. The number of nitrogens with zero attached hydrogens (tertiary/aromatic N) is 2. The van der Waals surface area contributed by atoms with Crippen LogP contribution in [0, 0.1) is 0 Å². The smallest absolute Gasteiger partial charge is 0.297 e. The summed E-state index contributed by atoms with van der Waals surface area (Å²) in [7, 11) is 0. The molecule has 1 fully saturated rings. The number of carbonyl (C=O) groups is 1. The van der Waals surface area contributed by atoms with Gasteiger partial charge in [0.1, 0.15) is 6.61 Å². The maximum Gasteiger partial charge on any atom is 0.297 e. The maximum absolute atomic E-state index is 13.3. The number of benzene rings is 2. The minimum Gasteiger partial charge on any atom is -0.481 e. The summed E-state index contributed by atoms with van der Waals surface area (Å²) in [4.78, 5) is 31.1. The monoisotopic (exact) mass is 477 g/mol. The van der Waals surface area contributed by atoms with Gasteiger partial charge < -0.3 is 10.1 Å². The molecule has 7 heteroatoms. The van der Waals surface area contributed by atoms with Crippen LogP contribution < -0.4 is 15.6 Å². The second-order valence-electron chi connectivity index (χ2n) is 8.53. The van der Waals surface area contributed by atoms with E-state index < -0.39 is 0 Å². The van der Waals surface area contributed by atoms with Gasteiger partial charge in [0.15, 0.2) is 10.9 Å². The van der Waals surface area contributed by atoms with E-state index in [-0.39, 0.29) is 35.6 Å². The fraction of sp³-hybridized carbons (Fsp3) is 0.370. The van der Waals surface area contributed by atoms with Crippen molar-refractivity contribution in [3.63, 3.8) is 0 Å². The molecule has 1 saturated carbocycles. The highest BCUT2D eigenvalue weighted by Crippen LogP contribution is 2.33. The van der Waals surface area contributed by atoms with Gasteiger partial charge in [0, 0.05) is 12.6 Å². The van der Waals surface area contributed by atoms with Crippen molar-refractivity contribution in [2.24, 2.45) is 0 Å². The molecule has 1 aliphatic carbocycles. The van der Waals surface area contributed by atoms with Crippen molar-refractivity contribution in [2.75, 3.05) is 6.26 Å². The van der Waals surface area contributed by atoms with Gasteiger partial charge in [0.25, 0.3) is 11.5 Å². The fourth-order valence-corrected chi connectivity index (χ4v) is 5.13. The van der Waals surface area contributed by atoms with Crippen molar-refractivity contribution < 1.29 is 9.53 Å². The molecule has 3 aromatic rings. The minimum absolute atomic E-state index is 0.0129. The van der Waals surface area contributed by atoms with E-state index >= 15 is 0 Å². The maximum atomic E-state index is 13.3. The second-order valence-corrected chi connectivity index (χ2v) is 9.31. The molecule has 0 spiro atoms. The molecule has 1 N–H and O–H groups in total. The fourth-order valence-electron chi connectivity index (χ4n) is 4.52. The lowest BCUT2D eigenvalue weighted by Gasteiger charge is -2.29. The van der Waals surface area contributed by atoms with E-state index in [1.54, 1.807) is 4.57 Å². The zero-order valence-electron chi connectivity index (χ0n) is 19.7. The number of hydrogen-bond acceptors (Lipinski definition) is 5. The Morgan fingerprint density at radius 3 is 2.32 bits per heavy atom. The molecule has 4 rings (SSSR count). The zero-order chi connectivity index (χ0) is 23.9. The normalized spacial score (nSPS) is 17.8. The molecule has 2 aromatic carbocycles. The van der Waals surface area contributed by atoms with Gasteiger partial charge in [-0.05, 0) is 55.9 Å². The quantitative estimate of drug-likeness (QED) is 0.364. The lowest BCUT2D eigenvalue weighted by atomic mass is 9.82. The van der Waals surface area contributed by atoms with Gasteiger partial charge in [-0.3, -0.25) is 14.2 Å². The third kappa shape index (κ3) is 5.53. The van der Waals surface area contributed by atoms with E-state index in [9.17, 15) is 9.59 Å². The Morgan fingerprint density at radius 1 is 1.06 bits per heavy atom. The highest BCUT2D eigenvalue weighted by molar-refractivity contribution is 7.98. The van der Waals surface area contributed by atoms with Crippen LogP contribution >= 0.6 is 11.8 Å². The zero-order valence-corrected chi connectivity index (χ0v) is 20.5. The largest absolute Gasteiger partial charge is 0.481 e. The van der Waals surface area contributed by atoms with Crippen molar-refractivity contribution in [1.29, 1.82) is 0 Å². The first-order valence-corrected chi connectivity index (χ1v) is 13.0. The molecule has 1 amide bonds. The van der Waals surface area contributed by atoms with Crippen LogP contribution in [-0.4, -0.2) is 27.8 Å². The summed E-state index contributed by atoms with van der Waals surface area (Å²) in [6.07, 6.45) is 5.69. The second kappa shape index (κ2) is 11.4. The molecule has 0 saturated heterocycles. The van der Waals surface area contributed by atoms with Crippen molar-refractivity contribution in [3.05, 3.63) is 87.8 Å². The summed E-state index contributed by atoms with van der Waals surface area (Å²) in [6, 6.07) is 20.2. The Kier molecular flexibility index (Phi) is 8.06. The molecule has 34 heavy (non-hydrogen) atoms. The Bertz CT molecular complexity index is 1160. The summed E-state index contributed by atoms with van der Waals surface area (Å²) in [6.45, 7) is 2.53. The Morgan fingerprint density at radius 2 is 1.71 bits per heavy atom. The molecular formula is C27H31N3O3S. The Balaban J connectivity index is 1.51. The van der Waals surface area contributed by atoms with Crippen LogP contribution in [0.4, 0.5) is 0 Å². The Labute approximate surface area is 204 Å². The van der Waals surface area contributed by atoms with Gasteiger partial charge in [-0.1, -0.05) is 72.4 Å². The van der Waals surface area contributed by atoms with Crippen molar-refractivity contribution >= 4 is 17.7 Å². The third-order valence-corrected chi connectivity index (χ3v) is 7.04. The van der Waals surface area contributed by atoms with Crippen molar-refractivity contribution in [3.8, 4) is 5.75 Å². The summed E-state index contributed by atoms with van der Waals surface area (Å²) in [5, 5.41) is 3.63. The predicted molar refractivity (Wildman–Crippen MR) is 136 cm³/mol. The predicted octanol–water partition coefficient (Wildman–Crippen LogP) is 5.02. The Hall–Kier alpha value is -3.06. The lowest BCUT2D eigenvalue weighted by Crippen LogP contribution is -2.39. The van der Waals surface area contributed by atoms with Gasteiger partial charge >= 0.3 is 0 Å². The third-order valence-electron chi connectivity index (χ3n) is 6.37. The molecule has 6 nitrogen and oxygen atoms in total. The van der Waals surface area contributed by atoms with E-state index in [2.05, 4.69) is 34.6 Å². The van der Waals surface area contributed by atoms with Crippen LogP contribution in [0.2, 0.25) is 0 Å². The molecule has 178 valence electrons. The number of amides is 1. The number of carbonyl (C=O) groups excluding carboxylic acids is 1. The van der Waals surface area contributed by atoms with Crippen LogP contribution in [-0.2, 0) is 13.2 Å². The first-order valence-electron chi connectivity index (χ1n) is 11.8. The van der Waals surface area contributed by atoms with E-state index in [4.69, 9.17) is 4.74 Å². The van der Waals surface area contributed by atoms with Crippen LogP contribution in [0.15, 0.2) is 70.6 Å². The van der Waals surface area contributed by atoms with E-state index in [1.165, 1.54) is 17.3 Å². The van der Waals surface area contributed by atoms with Crippen LogP contribution in [0.5, 0.6) is 5.75 Å². The van der Waals surface area contributed by atoms with E-state index in [0.29, 0.717) is 17.6 Å². The topological polar surface area (TPSA) is 73.2 Å². The number of nitrogens with one attached hydrogen (secondary N) is 1. The van der Waals surface area contributed by atoms with Gasteiger partial charge in [0.05, 0.1) is 0 Å². The van der Waals surface area contributed by atoms with Gasteiger partial charge in [0.2, 0.25) is 5.75 Å². The van der Waals surface area contributed by atoms with Gasteiger partial charge in [-0.2, -0.15) is 0 Å². The molecule has 1 aliphatic rings. The van der Waals surface area contributed by atoms with E-state index in [1.807, 2.05) is 49.6 Å². The van der Waals surface area contributed by atoms with E-state index in [0.717, 1.165) is 31.2 Å². The summed E-state index contributed by atoms with van der Waals surface area (Å²) in [5.74, 6) is 0.190. The summed E-state index contributed by atoms with van der Waals surface area (Å²) in [5.41, 5.74) is 2.03. The SMILES string of the molecule is CCn1c(SC)nc(C(=O)NC2CCC(c3ccccc3)CC2)c(OCc2ccccc2)c1=O. The number of rotatable bonds is 8. The van der Waals surface area contributed by atoms with Crippen LogP contribution in [0.3, 0.4) is 0 Å². The average Bonchev–Trinajstić information content (AvgIpc) is 2.89. The van der Waals surface area contributed by atoms with Crippen LogP contribution in [0.1, 0.15) is 60.1 Å². The minimum atomic E-state index is -0.345. The molecule has 1 heterocycles. The van der Waals surface area contributed by atoms with Crippen molar-refractivity contribution in [2.45, 2.75) is 62.9 Å². The average molecular weight is 478 g/mol. The standard InChI is InChI=1S/C27H31N3O3S/c1-3-30-26(32)24(33-18-19-10-6-4-7-11-19)23(29-27(30)34-2)25(31)28-22-16-14-21(15-17-22)20-12-8-5-9-13-20/h4-13,21-22H,3,14-18H2,1-2H3,(H,28,31). The highest BCUT2D eigenvalue weighted by atomic mass is 32.2. The van der Waals surface area contributed by atoms with Gasteiger partial charge in [-0.15, -0.1) is 0 Å². The molecule has 0 radical (unpaired) electrons. The van der Waals surface area contributed by atoms with Crippen molar-refractivity contribution in [1.82, 2.24) is 14.9 Å². The highest BCUT2D eigenvalue weighted by Gasteiger charge is 2.27. The number of hydrogen-bond donors (Lipinski definition) is 1. The molecule has 0 bridgehead atoms. The van der Waals surface area contributed by atoms with Crippen LogP contribution in [0.25, 0.3) is 0 Å².